The quantitative estimate of drug-likeness (QED) is 0.230. The van der Waals surface area contributed by atoms with Crippen molar-refractivity contribution in [2.75, 3.05) is 26.8 Å². The summed E-state index contributed by atoms with van der Waals surface area (Å²) in [5.74, 6) is -0.464. The van der Waals surface area contributed by atoms with Crippen LogP contribution in [-0.4, -0.2) is 90.4 Å². The van der Waals surface area contributed by atoms with Gasteiger partial charge in [-0.05, 0) is 85.0 Å². The number of methoxy groups -OCH3 is 1. The summed E-state index contributed by atoms with van der Waals surface area (Å²) in [4.78, 5) is 74.3. The Balaban J connectivity index is 1.45. The zero-order valence-electron chi connectivity index (χ0n) is 31.5. The SMILES string of the molecule is COc1ccc(C[C@@H]2NC(=O)[C@@H](NC(=O)Cc3cccnc3)Cc3ccc(cc3)OC[C@H](CC(C)C)NC(=O)CN(CC3CC3)C(=O)[C@@H](C)NC2=O)cc1. The normalized spacial score (nSPS) is 21.8. The van der Waals surface area contributed by atoms with Gasteiger partial charge < -0.3 is 35.6 Å². The number of ether oxygens (including phenoxy) is 2. The molecule has 54 heavy (non-hydrogen) atoms. The van der Waals surface area contributed by atoms with Crippen molar-refractivity contribution in [1.29, 1.82) is 0 Å². The number of carbonyl (C=O) groups is 5. The summed E-state index contributed by atoms with van der Waals surface area (Å²) in [7, 11) is 1.55. The number of amides is 5. The molecule has 2 aliphatic heterocycles. The molecule has 1 aromatic heterocycles. The van der Waals surface area contributed by atoms with E-state index in [1.807, 2.05) is 12.1 Å². The second-order valence-corrected chi connectivity index (χ2v) is 14.7. The Bertz CT molecular complexity index is 1730. The van der Waals surface area contributed by atoms with Crippen molar-refractivity contribution in [3.63, 3.8) is 0 Å². The second kappa shape index (κ2) is 19.0. The fraction of sp³-hybridized carbons (Fsp3) is 0.463. The third-order valence-corrected chi connectivity index (χ3v) is 9.46. The van der Waals surface area contributed by atoms with Crippen LogP contribution in [0.2, 0.25) is 0 Å². The third kappa shape index (κ3) is 12.3. The van der Waals surface area contributed by atoms with Crippen molar-refractivity contribution < 1.29 is 33.4 Å². The highest BCUT2D eigenvalue weighted by atomic mass is 16.5. The smallest absolute Gasteiger partial charge is 0.245 e. The molecule has 0 radical (unpaired) electrons. The Morgan fingerprint density at radius 3 is 2.35 bits per heavy atom. The Morgan fingerprint density at radius 1 is 0.963 bits per heavy atom. The maximum absolute atomic E-state index is 14.1. The summed E-state index contributed by atoms with van der Waals surface area (Å²) < 4.78 is 11.4. The first-order chi connectivity index (χ1) is 25.9. The number of nitrogens with one attached hydrogen (secondary N) is 4. The maximum Gasteiger partial charge on any atom is 0.245 e. The van der Waals surface area contributed by atoms with E-state index in [0.717, 1.165) is 24.0 Å². The Morgan fingerprint density at radius 2 is 1.70 bits per heavy atom. The van der Waals surface area contributed by atoms with E-state index >= 15 is 0 Å². The van der Waals surface area contributed by atoms with Crippen LogP contribution in [0, 0.1) is 11.8 Å². The monoisotopic (exact) mass is 740 g/mol. The number of hydrogen-bond donors (Lipinski definition) is 4. The lowest BCUT2D eigenvalue weighted by molar-refractivity contribution is -0.140. The number of nitrogens with zero attached hydrogens (tertiary/aromatic N) is 2. The summed E-state index contributed by atoms with van der Waals surface area (Å²) >= 11 is 0. The molecule has 1 saturated carbocycles. The van der Waals surface area contributed by atoms with Gasteiger partial charge in [-0.3, -0.25) is 29.0 Å². The van der Waals surface area contributed by atoms with Crippen LogP contribution < -0.4 is 30.7 Å². The van der Waals surface area contributed by atoms with E-state index in [0.29, 0.717) is 35.9 Å². The molecule has 2 bridgehead atoms. The van der Waals surface area contributed by atoms with Crippen LogP contribution in [0.5, 0.6) is 11.5 Å². The van der Waals surface area contributed by atoms with Gasteiger partial charge in [0.25, 0.3) is 0 Å². The predicted molar refractivity (Wildman–Crippen MR) is 202 cm³/mol. The molecule has 6 rings (SSSR count). The van der Waals surface area contributed by atoms with Gasteiger partial charge in [0, 0.05) is 31.8 Å². The number of pyridine rings is 1. The van der Waals surface area contributed by atoms with Crippen molar-refractivity contribution in [2.24, 2.45) is 11.8 Å². The van der Waals surface area contributed by atoms with Crippen molar-refractivity contribution in [2.45, 2.75) is 83.5 Å². The Kier molecular flexibility index (Phi) is 14.0. The van der Waals surface area contributed by atoms with Crippen LogP contribution in [0.4, 0.5) is 0 Å². The van der Waals surface area contributed by atoms with Crippen molar-refractivity contribution in [1.82, 2.24) is 31.2 Å². The zero-order valence-corrected chi connectivity index (χ0v) is 31.5. The Hall–Kier alpha value is -5.46. The van der Waals surface area contributed by atoms with Gasteiger partial charge in [0.1, 0.15) is 36.2 Å². The molecule has 1 aliphatic carbocycles. The fourth-order valence-electron chi connectivity index (χ4n) is 6.45. The number of benzene rings is 2. The Labute approximate surface area is 317 Å². The maximum atomic E-state index is 14.1. The predicted octanol–water partition coefficient (Wildman–Crippen LogP) is 2.75. The van der Waals surface area contributed by atoms with Crippen LogP contribution >= 0.6 is 0 Å². The molecule has 13 heteroatoms. The molecule has 5 amide bonds. The minimum atomic E-state index is -1.11. The van der Waals surface area contributed by atoms with Crippen molar-refractivity contribution in [3.8, 4) is 11.5 Å². The molecular formula is C41H52N6O7. The van der Waals surface area contributed by atoms with E-state index in [1.54, 1.807) is 75.0 Å². The minimum absolute atomic E-state index is 0.00518. The summed E-state index contributed by atoms with van der Waals surface area (Å²) in [5.41, 5.74) is 2.17. The van der Waals surface area contributed by atoms with Gasteiger partial charge >= 0.3 is 0 Å². The van der Waals surface area contributed by atoms with Crippen LogP contribution in [-0.2, 0) is 43.2 Å². The van der Waals surface area contributed by atoms with Crippen LogP contribution in [0.15, 0.2) is 73.1 Å². The second-order valence-electron chi connectivity index (χ2n) is 14.7. The molecule has 3 aromatic rings. The minimum Gasteiger partial charge on any atom is -0.497 e. The molecule has 4 atom stereocenters. The van der Waals surface area contributed by atoms with Gasteiger partial charge in [-0.15, -0.1) is 0 Å². The van der Waals surface area contributed by atoms with E-state index in [2.05, 4.69) is 40.1 Å². The molecule has 0 saturated heterocycles. The van der Waals surface area contributed by atoms with Gasteiger partial charge in [0.15, 0.2) is 0 Å². The lowest BCUT2D eigenvalue weighted by Gasteiger charge is -2.29. The average molecular weight is 741 g/mol. The van der Waals surface area contributed by atoms with E-state index in [9.17, 15) is 24.0 Å². The lowest BCUT2D eigenvalue weighted by atomic mass is 10.0. The van der Waals surface area contributed by atoms with E-state index < -0.39 is 35.8 Å². The molecule has 2 aromatic carbocycles. The van der Waals surface area contributed by atoms with E-state index in [-0.39, 0.29) is 56.2 Å². The summed E-state index contributed by atoms with van der Waals surface area (Å²) in [6.45, 7) is 6.17. The van der Waals surface area contributed by atoms with Crippen LogP contribution in [0.3, 0.4) is 0 Å². The molecule has 0 spiro atoms. The first kappa shape index (κ1) is 39.7. The first-order valence-electron chi connectivity index (χ1n) is 18.7. The summed E-state index contributed by atoms with van der Waals surface area (Å²) in [6.07, 6.45) is 6.02. The van der Waals surface area contributed by atoms with Gasteiger partial charge in [-0.1, -0.05) is 44.2 Å². The highest BCUT2D eigenvalue weighted by molar-refractivity contribution is 5.95. The van der Waals surface area contributed by atoms with Crippen molar-refractivity contribution >= 4 is 29.5 Å². The molecule has 288 valence electrons. The third-order valence-electron chi connectivity index (χ3n) is 9.46. The number of aromatic nitrogens is 1. The summed E-state index contributed by atoms with van der Waals surface area (Å²) in [6, 6.07) is 14.4. The summed E-state index contributed by atoms with van der Waals surface area (Å²) in [5, 5.41) is 11.6. The lowest BCUT2D eigenvalue weighted by Crippen LogP contribution is -2.58. The zero-order chi connectivity index (χ0) is 38.6. The fourth-order valence-corrected chi connectivity index (χ4v) is 6.45. The standard InChI is InChI=1S/C41H52N6O7/c1-26(2)18-32-25-54-34-15-11-29(12-16-34)19-35(45-37(48)21-31-6-5-17-42-22-31)40(51)46-36(20-28-9-13-33(53-4)14-10-28)39(50)43-27(3)41(52)47(23-30-7-8-30)24-38(49)44-32/h5-6,9-17,22,26-27,30,32,35-36H,7-8,18-21,23-25H2,1-4H3,(H,43,50)(H,44,49)(H,45,48)(H,46,51)/t27-,32+,35+,36+/m1/s1. The number of hydrogen-bond acceptors (Lipinski definition) is 8. The van der Waals surface area contributed by atoms with Crippen molar-refractivity contribution in [3.05, 3.63) is 89.7 Å². The van der Waals surface area contributed by atoms with Gasteiger partial charge in [0.2, 0.25) is 29.5 Å². The molecular weight excluding hydrogens is 688 g/mol. The highest BCUT2D eigenvalue weighted by Crippen LogP contribution is 2.30. The molecule has 13 nitrogen and oxygen atoms in total. The number of rotatable bonds is 10. The number of fused-ring (bicyclic) bond motifs is 17. The largest absolute Gasteiger partial charge is 0.497 e. The highest BCUT2D eigenvalue weighted by Gasteiger charge is 2.33. The topological polar surface area (TPSA) is 168 Å². The first-order valence-corrected chi connectivity index (χ1v) is 18.7. The molecule has 3 heterocycles. The molecule has 4 N–H and O–H groups in total. The molecule has 1 fully saturated rings. The van der Waals surface area contributed by atoms with Crippen LogP contribution in [0.25, 0.3) is 0 Å². The average Bonchev–Trinajstić information content (AvgIpc) is 3.97. The van der Waals surface area contributed by atoms with E-state index in [1.165, 1.54) is 4.90 Å². The van der Waals surface area contributed by atoms with Gasteiger partial charge in [0.05, 0.1) is 26.1 Å². The van der Waals surface area contributed by atoms with Gasteiger partial charge in [-0.2, -0.15) is 0 Å². The molecule has 3 aliphatic rings. The van der Waals surface area contributed by atoms with E-state index in [4.69, 9.17) is 9.47 Å². The number of carbonyl (C=O) groups excluding carboxylic acids is 5. The molecule has 0 unspecified atom stereocenters. The van der Waals surface area contributed by atoms with Crippen LogP contribution in [0.1, 0.15) is 56.7 Å². The van der Waals surface area contributed by atoms with Gasteiger partial charge in [-0.25, -0.2) is 0 Å².